The number of benzene rings is 1. The number of aliphatic hydroxyl groups excluding tert-OH is 1. The minimum Gasteiger partial charge on any atom is -0.391 e. The molecule has 0 fully saturated rings. The van der Waals surface area contributed by atoms with E-state index in [2.05, 4.69) is 0 Å². The number of hydrogen-bond acceptors (Lipinski definition) is 4. The van der Waals surface area contributed by atoms with E-state index in [4.69, 9.17) is 10.8 Å². The quantitative estimate of drug-likeness (QED) is 0.591. The molecule has 0 spiro atoms. The topological polar surface area (TPSA) is 89.4 Å². The highest BCUT2D eigenvalue weighted by Crippen LogP contribution is 2.22. The number of nitrogens with zero attached hydrogens (tertiary/aromatic N) is 1. The first-order chi connectivity index (χ1) is 7.45. The van der Waals surface area contributed by atoms with Crippen LogP contribution >= 0.6 is 0 Å². The van der Waals surface area contributed by atoms with Crippen LogP contribution in [0.1, 0.15) is 5.56 Å². The molecule has 1 rings (SSSR count). The SMILES string of the molecule is NCC(O)Cc1cc(F)c([N+](=O)[O-])cc1F. The molecule has 1 unspecified atom stereocenters. The van der Waals surface area contributed by atoms with Crippen molar-refractivity contribution in [2.75, 3.05) is 6.54 Å². The fraction of sp³-hybridized carbons (Fsp3) is 0.333. The highest BCUT2D eigenvalue weighted by molar-refractivity contribution is 5.36. The second-order valence-corrected chi connectivity index (χ2v) is 3.25. The predicted octanol–water partition coefficient (Wildman–Crippen LogP) is 0.735. The zero-order valence-corrected chi connectivity index (χ0v) is 8.19. The van der Waals surface area contributed by atoms with Crippen LogP contribution in [0.15, 0.2) is 12.1 Å². The van der Waals surface area contributed by atoms with Crippen molar-refractivity contribution < 1.29 is 18.8 Å². The Hall–Kier alpha value is -1.60. The van der Waals surface area contributed by atoms with Crippen LogP contribution in [0.25, 0.3) is 0 Å². The van der Waals surface area contributed by atoms with Gasteiger partial charge >= 0.3 is 5.69 Å². The van der Waals surface area contributed by atoms with E-state index in [1.807, 2.05) is 0 Å². The summed E-state index contributed by atoms with van der Waals surface area (Å²) in [6, 6.07) is 1.19. The Morgan fingerprint density at radius 1 is 1.44 bits per heavy atom. The number of nitro groups is 1. The molecule has 0 aromatic heterocycles. The molecule has 16 heavy (non-hydrogen) atoms. The predicted molar refractivity (Wildman–Crippen MR) is 51.8 cm³/mol. The van der Waals surface area contributed by atoms with Crippen LogP contribution in [0.3, 0.4) is 0 Å². The van der Waals surface area contributed by atoms with Gasteiger partial charge in [0.2, 0.25) is 5.82 Å². The van der Waals surface area contributed by atoms with E-state index in [-0.39, 0.29) is 18.5 Å². The molecule has 5 nitrogen and oxygen atoms in total. The van der Waals surface area contributed by atoms with Gasteiger partial charge in [0.05, 0.1) is 17.1 Å². The zero-order chi connectivity index (χ0) is 12.3. The lowest BCUT2D eigenvalue weighted by Gasteiger charge is -2.08. The van der Waals surface area contributed by atoms with Gasteiger partial charge in [0.15, 0.2) is 0 Å². The molecule has 0 saturated carbocycles. The molecule has 0 bridgehead atoms. The normalized spacial score (nSPS) is 12.5. The van der Waals surface area contributed by atoms with Crippen molar-refractivity contribution in [1.29, 1.82) is 0 Å². The molecule has 0 heterocycles. The van der Waals surface area contributed by atoms with Gasteiger partial charge in [0, 0.05) is 13.0 Å². The van der Waals surface area contributed by atoms with Crippen molar-refractivity contribution in [3.8, 4) is 0 Å². The van der Waals surface area contributed by atoms with Gasteiger partial charge in [-0.3, -0.25) is 10.1 Å². The summed E-state index contributed by atoms with van der Waals surface area (Å²) in [7, 11) is 0. The van der Waals surface area contributed by atoms with Crippen molar-refractivity contribution in [2.24, 2.45) is 5.73 Å². The van der Waals surface area contributed by atoms with E-state index in [0.29, 0.717) is 12.1 Å². The van der Waals surface area contributed by atoms with Crippen LogP contribution < -0.4 is 5.73 Å². The largest absolute Gasteiger partial charge is 0.391 e. The van der Waals surface area contributed by atoms with Crippen molar-refractivity contribution in [1.82, 2.24) is 0 Å². The van der Waals surface area contributed by atoms with Crippen molar-refractivity contribution in [3.63, 3.8) is 0 Å². The minimum absolute atomic E-state index is 0.0992. The number of hydrogen-bond donors (Lipinski definition) is 2. The van der Waals surface area contributed by atoms with Crippen molar-refractivity contribution in [3.05, 3.63) is 39.4 Å². The summed E-state index contributed by atoms with van der Waals surface area (Å²) in [4.78, 5) is 9.28. The Morgan fingerprint density at radius 3 is 2.56 bits per heavy atom. The molecule has 7 heteroatoms. The monoisotopic (exact) mass is 232 g/mol. The van der Waals surface area contributed by atoms with E-state index in [1.54, 1.807) is 0 Å². The van der Waals surface area contributed by atoms with Gasteiger partial charge in [-0.2, -0.15) is 4.39 Å². The molecule has 1 aromatic rings. The lowest BCUT2D eigenvalue weighted by Crippen LogP contribution is -2.22. The smallest absolute Gasteiger partial charge is 0.307 e. The average molecular weight is 232 g/mol. The highest BCUT2D eigenvalue weighted by atomic mass is 19.1. The van der Waals surface area contributed by atoms with Crippen molar-refractivity contribution >= 4 is 5.69 Å². The van der Waals surface area contributed by atoms with Crippen molar-refractivity contribution in [2.45, 2.75) is 12.5 Å². The first kappa shape index (κ1) is 12.5. The van der Waals surface area contributed by atoms with Gasteiger partial charge < -0.3 is 10.8 Å². The molecule has 1 atom stereocenters. The Bertz CT molecular complexity index is 412. The van der Waals surface area contributed by atoms with Gasteiger partial charge in [-0.1, -0.05) is 0 Å². The Morgan fingerprint density at radius 2 is 2.06 bits per heavy atom. The van der Waals surface area contributed by atoms with Crippen LogP contribution in [0.4, 0.5) is 14.5 Å². The van der Waals surface area contributed by atoms with Gasteiger partial charge in [0.1, 0.15) is 5.82 Å². The van der Waals surface area contributed by atoms with Crippen LogP contribution in [-0.2, 0) is 6.42 Å². The molecule has 1 aromatic carbocycles. The molecule has 0 aliphatic carbocycles. The highest BCUT2D eigenvalue weighted by Gasteiger charge is 2.19. The number of halogens is 2. The molecule has 0 radical (unpaired) electrons. The Kier molecular flexibility index (Phi) is 3.86. The fourth-order valence-corrected chi connectivity index (χ4v) is 1.21. The fourth-order valence-electron chi connectivity index (χ4n) is 1.21. The summed E-state index contributed by atoms with van der Waals surface area (Å²) < 4.78 is 26.4. The molecule has 88 valence electrons. The summed E-state index contributed by atoms with van der Waals surface area (Å²) in [5.41, 5.74) is 4.05. The van der Waals surface area contributed by atoms with Crippen LogP contribution in [0, 0.1) is 21.7 Å². The summed E-state index contributed by atoms with van der Waals surface area (Å²) in [5, 5.41) is 19.5. The molecule has 3 N–H and O–H groups in total. The minimum atomic E-state index is -1.13. The van der Waals surface area contributed by atoms with Gasteiger partial charge in [-0.25, -0.2) is 4.39 Å². The maximum absolute atomic E-state index is 13.3. The second kappa shape index (κ2) is 4.95. The number of rotatable bonds is 4. The molecular weight excluding hydrogens is 222 g/mol. The van der Waals surface area contributed by atoms with E-state index in [1.165, 1.54) is 0 Å². The third-order valence-electron chi connectivity index (χ3n) is 2.04. The van der Waals surface area contributed by atoms with Crippen LogP contribution in [0.5, 0.6) is 0 Å². The molecule has 0 aliphatic rings. The van der Waals surface area contributed by atoms with E-state index in [0.717, 1.165) is 0 Å². The van der Waals surface area contributed by atoms with Gasteiger partial charge in [0.25, 0.3) is 0 Å². The Labute approximate surface area is 89.6 Å². The number of aliphatic hydroxyl groups is 1. The van der Waals surface area contributed by atoms with Crippen LogP contribution in [-0.4, -0.2) is 22.7 Å². The Balaban J connectivity index is 3.05. The zero-order valence-electron chi connectivity index (χ0n) is 8.19. The molecular formula is C9H10F2N2O3. The molecule has 0 amide bonds. The summed E-state index contributed by atoms with van der Waals surface area (Å²) >= 11 is 0. The number of nitro benzene ring substituents is 1. The molecule has 0 aliphatic heterocycles. The summed E-state index contributed by atoms with van der Waals surface area (Å²) in [6.45, 7) is -0.0992. The lowest BCUT2D eigenvalue weighted by molar-refractivity contribution is -0.387. The van der Waals surface area contributed by atoms with Gasteiger partial charge in [-0.15, -0.1) is 0 Å². The van der Waals surface area contributed by atoms with E-state index < -0.39 is 28.3 Å². The lowest BCUT2D eigenvalue weighted by atomic mass is 10.1. The first-order valence-electron chi connectivity index (χ1n) is 4.46. The van der Waals surface area contributed by atoms with Crippen LogP contribution in [0.2, 0.25) is 0 Å². The summed E-state index contributed by atoms with van der Waals surface area (Å²) in [6.07, 6.45) is -1.19. The third kappa shape index (κ3) is 2.71. The maximum atomic E-state index is 13.3. The molecule has 0 saturated heterocycles. The first-order valence-corrected chi connectivity index (χ1v) is 4.46. The summed E-state index contributed by atoms with van der Waals surface area (Å²) in [5.74, 6) is -2.06. The standard InChI is InChI=1S/C9H10F2N2O3/c10-7-3-9(13(15)16)8(11)2-5(7)1-6(14)4-12/h2-3,6,14H,1,4,12H2. The average Bonchev–Trinajstić information content (AvgIpc) is 2.22. The second-order valence-electron chi connectivity index (χ2n) is 3.25. The number of nitrogens with two attached hydrogens (primary N) is 1. The van der Waals surface area contributed by atoms with E-state index >= 15 is 0 Å². The third-order valence-corrected chi connectivity index (χ3v) is 2.04. The maximum Gasteiger partial charge on any atom is 0.307 e. The van der Waals surface area contributed by atoms with Gasteiger partial charge in [-0.05, 0) is 11.6 Å². The van der Waals surface area contributed by atoms with E-state index in [9.17, 15) is 18.9 Å².